The molecule has 9 heteroatoms. The van der Waals surface area contributed by atoms with E-state index in [4.69, 9.17) is 4.98 Å². The Balaban J connectivity index is 1.39. The lowest BCUT2D eigenvalue weighted by Crippen LogP contribution is -2.44. The molecular formula is C28H30N4O3S2. The highest BCUT2D eigenvalue weighted by Crippen LogP contribution is 2.34. The lowest BCUT2D eigenvalue weighted by molar-refractivity contribution is -0.123. The number of nitrogens with zero attached hydrogens (tertiary/aromatic N) is 4. The number of pyridine rings is 1. The van der Waals surface area contributed by atoms with E-state index in [2.05, 4.69) is 31.0 Å². The van der Waals surface area contributed by atoms with Gasteiger partial charge in [0.15, 0.2) is 5.13 Å². The molecule has 0 radical (unpaired) electrons. The molecule has 4 aromatic rings. The van der Waals surface area contributed by atoms with Crippen molar-refractivity contribution < 1.29 is 13.2 Å². The molecule has 1 aliphatic heterocycles. The Labute approximate surface area is 221 Å². The van der Waals surface area contributed by atoms with Gasteiger partial charge in [-0.15, -0.1) is 0 Å². The molecule has 0 N–H and O–H groups in total. The third-order valence-corrected chi connectivity index (χ3v) is 10.0. The Morgan fingerprint density at radius 3 is 2.43 bits per heavy atom. The second-order valence-electron chi connectivity index (χ2n) is 9.59. The van der Waals surface area contributed by atoms with Gasteiger partial charge in [0.05, 0.1) is 27.4 Å². The normalized spacial score (nSPS) is 15.2. The standard InChI is InChI=1S/C28H30N4O3S2/c1-19-7-10-24(11-8-19)37(34,35)31-16-13-22(14-17-31)27(33)32(18-23-6-4-5-15-29-23)28-30-26-21(3)20(2)9-12-25(26)36-28/h4-12,15,22H,13-14,16-18H2,1-3H3. The number of rotatable bonds is 6. The quantitative estimate of drug-likeness (QED) is 0.337. The Kier molecular flexibility index (Phi) is 7.11. The van der Waals surface area contributed by atoms with Gasteiger partial charge in [-0.25, -0.2) is 13.4 Å². The van der Waals surface area contributed by atoms with Crippen molar-refractivity contribution in [1.29, 1.82) is 0 Å². The van der Waals surface area contributed by atoms with Crippen molar-refractivity contribution in [2.45, 2.75) is 45.1 Å². The van der Waals surface area contributed by atoms with Crippen LogP contribution in [0.4, 0.5) is 5.13 Å². The average molecular weight is 535 g/mol. The minimum absolute atomic E-state index is 0.0357. The van der Waals surface area contributed by atoms with E-state index >= 15 is 0 Å². The molecule has 1 fully saturated rings. The van der Waals surface area contributed by atoms with E-state index in [0.717, 1.165) is 32.6 Å². The average Bonchev–Trinajstić information content (AvgIpc) is 3.35. The van der Waals surface area contributed by atoms with E-state index in [9.17, 15) is 13.2 Å². The Hall–Kier alpha value is -3.14. The summed E-state index contributed by atoms with van der Waals surface area (Å²) in [6.45, 7) is 6.97. The molecule has 1 amide bonds. The number of aromatic nitrogens is 2. The van der Waals surface area contributed by atoms with E-state index in [0.29, 0.717) is 42.5 Å². The Morgan fingerprint density at radius 2 is 1.76 bits per heavy atom. The predicted molar refractivity (Wildman–Crippen MR) is 147 cm³/mol. The maximum absolute atomic E-state index is 13.9. The fourth-order valence-electron chi connectivity index (χ4n) is 4.65. The van der Waals surface area contributed by atoms with Crippen LogP contribution in [0.15, 0.2) is 65.7 Å². The van der Waals surface area contributed by atoms with E-state index in [1.807, 2.05) is 25.1 Å². The van der Waals surface area contributed by atoms with Gasteiger partial charge in [0, 0.05) is 25.2 Å². The minimum atomic E-state index is -3.59. The molecule has 192 valence electrons. The zero-order chi connectivity index (χ0) is 26.2. The number of hydrogen-bond acceptors (Lipinski definition) is 6. The number of sulfonamides is 1. The minimum Gasteiger partial charge on any atom is -0.282 e. The summed E-state index contributed by atoms with van der Waals surface area (Å²) in [5.41, 5.74) is 4.98. The molecule has 0 spiro atoms. The molecule has 37 heavy (non-hydrogen) atoms. The molecule has 0 unspecified atom stereocenters. The largest absolute Gasteiger partial charge is 0.282 e. The number of hydrogen-bond donors (Lipinski definition) is 0. The molecule has 5 rings (SSSR count). The van der Waals surface area contributed by atoms with Crippen LogP contribution in [-0.2, 0) is 21.4 Å². The van der Waals surface area contributed by atoms with Gasteiger partial charge in [-0.2, -0.15) is 4.31 Å². The van der Waals surface area contributed by atoms with Crippen LogP contribution < -0.4 is 4.90 Å². The molecule has 2 aromatic heterocycles. The monoisotopic (exact) mass is 534 g/mol. The van der Waals surface area contributed by atoms with Crippen molar-refractivity contribution >= 4 is 42.6 Å². The van der Waals surface area contributed by atoms with E-state index in [-0.39, 0.29) is 11.8 Å². The first-order valence-electron chi connectivity index (χ1n) is 12.4. The summed E-state index contributed by atoms with van der Waals surface area (Å²) in [5.74, 6) is -0.325. The highest BCUT2D eigenvalue weighted by atomic mass is 32.2. The molecule has 0 aliphatic carbocycles. The third kappa shape index (κ3) is 5.16. The fourth-order valence-corrected chi connectivity index (χ4v) is 7.15. The summed E-state index contributed by atoms with van der Waals surface area (Å²) in [5, 5.41) is 0.647. The van der Waals surface area contributed by atoms with E-state index < -0.39 is 10.0 Å². The summed E-state index contributed by atoms with van der Waals surface area (Å²) in [6, 6.07) is 16.7. The summed E-state index contributed by atoms with van der Waals surface area (Å²) in [7, 11) is -3.59. The first-order valence-corrected chi connectivity index (χ1v) is 14.6. The van der Waals surface area contributed by atoms with Crippen molar-refractivity contribution in [3.05, 3.63) is 83.2 Å². The van der Waals surface area contributed by atoms with Gasteiger partial charge in [-0.1, -0.05) is 41.2 Å². The topological polar surface area (TPSA) is 83.5 Å². The summed E-state index contributed by atoms with van der Waals surface area (Å²) < 4.78 is 28.8. The van der Waals surface area contributed by atoms with Crippen LogP contribution in [-0.4, -0.2) is 41.7 Å². The summed E-state index contributed by atoms with van der Waals surface area (Å²) in [6.07, 6.45) is 2.65. The lowest BCUT2D eigenvalue weighted by Gasteiger charge is -2.33. The van der Waals surface area contributed by atoms with Gasteiger partial charge in [0.1, 0.15) is 0 Å². The van der Waals surface area contributed by atoms with Crippen LogP contribution in [0.5, 0.6) is 0 Å². The fraction of sp³-hybridized carbons (Fsp3) is 0.321. The van der Waals surface area contributed by atoms with E-state index in [1.54, 1.807) is 35.4 Å². The number of benzene rings is 2. The smallest absolute Gasteiger partial charge is 0.243 e. The molecule has 3 heterocycles. The molecule has 0 saturated carbocycles. The lowest BCUT2D eigenvalue weighted by atomic mass is 9.96. The number of fused-ring (bicyclic) bond motifs is 1. The molecule has 1 saturated heterocycles. The van der Waals surface area contributed by atoms with Gasteiger partial charge in [-0.3, -0.25) is 14.7 Å². The molecule has 2 aromatic carbocycles. The highest BCUT2D eigenvalue weighted by molar-refractivity contribution is 7.89. The second-order valence-corrected chi connectivity index (χ2v) is 12.5. The number of anilines is 1. The number of piperidine rings is 1. The molecule has 0 bridgehead atoms. The number of carbonyl (C=O) groups excluding carboxylic acids is 1. The predicted octanol–water partition coefficient (Wildman–Crippen LogP) is 5.25. The Bertz CT molecular complexity index is 1530. The number of carbonyl (C=O) groups is 1. The van der Waals surface area contributed by atoms with Gasteiger partial charge >= 0.3 is 0 Å². The van der Waals surface area contributed by atoms with Crippen molar-refractivity contribution in [2.75, 3.05) is 18.0 Å². The number of aryl methyl sites for hydroxylation is 3. The Morgan fingerprint density at radius 1 is 1.03 bits per heavy atom. The molecule has 7 nitrogen and oxygen atoms in total. The number of thiazole rings is 1. The van der Waals surface area contributed by atoms with E-state index in [1.165, 1.54) is 15.6 Å². The third-order valence-electron chi connectivity index (χ3n) is 7.08. The van der Waals surface area contributed by atoms with Gasteiger partial charge in [0.2, 0.25) is 15.9 Å². The highest BCUT2D eigenvalue weighted by Gasteiger charge is 2.35. The van der Waals surface area contributed by atoms with Crippen molar-refractivity contribution in [1.82, 2.24) is 14.3 Å². The van der Waals surface area contributed by atoms with Crippen LogP contribution in [0.2, 0.25) is 0 Å². The van der Waals surface area contributed by atoms with Gasteiger partial charge < -0.3 is 0 Å². The van der Waals surface area contributed by atoms with Crippen LogP contribution in [0.3, 0.4) is 0 Å². The first kappa shape index (κ1) is 25.5. The zero-order valence-corrected chi connectivity index (χ0v) is 22.8. The van der Waals surface area contributed by atoms with Crippen LogP contribution in [0, 0.1) is 26.7 Å². The summed E-state index contributed by atoms with van der Waals surface area (Å²) >= 11 is 1.50. The van der Waals surface area contributed by atoms with Gasteiger partial charge in [-0.05, 0) is 75.1 Å². The van der Waals surface area contributed by atoms with Crippen LogP contribution >= 0.6 is 11.3 Å². The molecule has 0 atom stereocenters. The maximum atomic E-state index is 13.9. The second kappa shape index (κ2) is 10.3. The van der Waals surface area contributed by atoms with Crippen LogP contribution in [0.25, 0.3) is 10.2 Å². The maximum Gasteiger partial charge on any atom is 0.243 e. The SMILES string of the molecule is Cc1ccc(S(=O)(=O)N2CCC(C(=O)N(Cc3ccccn3)c3nc4c(C)c(C)ccc4s3)CC2)cc1. The number of amides is 1. The van der Waals surface area contributed by atoms with Crippen LogP contribution in [0.1, 0.15) is 35.2 Å². The van der Waals surface area contributed by atoms with Crippen molar-refractivity contribution in [3.8, 4) is 0 Å². The van der Waals surface area contributed by atoms with Gasteiger partial charge in [0.25, 0.3) is 0 Å². The van der Waals surface area contributed by atoms with Crippen molar-refractivity contribution in [2.24, 2.45) is 5.92 Å². The zero-order valence-electron chi connectivity index (χ0n) is 21.2. The van der Waals surface area contributed by atoms with Crippen molar-refractivity contribution in [3.63, 3.8) is 0 Å². The molecule has 1 aliphatic rings. The summed E-state index contributed by atoms with van der Waals surface area (Å²) in [4.78, 5) is 25.2. The molecular weight excluding hydrogens is 504 g/mol. The first-order chi connectivity index (χ1) is 17.7.